The van der Waals surface area contributed by atoms with Gasteiger partial charge in [-0.1, -0.05) is 25.1 Å². The first-order chi connectivity index (χ1) is 12.3. The lowest BCUT2D eigenvalue weighted by Gasteiger charge is -2.13. The van der Waals surface area contributed by atoms with Crippen LogP contribution in [0.25, 0.3) is 5.78 Å². The highest BCUT2D eigenvalue weighted by atomic mass is 32.2. The minimum Gasteiger partial charge on any atom is -0.455 e. The van der Waals surface area contributed by atoms with Crippen molar-refractivity contribution in [2.75, 3.05) is 12.9 Å². The van der Waals surface area contributed by atoms with Gasteiger partial charge in [0.05, 0.1) is 6.42 Å². The highest BCUT2D eigenvalue weighted by Crippen LogP contribution is 2.17. The van der Waals surface area contributed by atoms with E-state index in [1.807, 2.05) is 27.0 Å². The van der Waals surface area contributed by atoms with Gasteiger partial charge in [0, 0.05) is 23.0 Å². The van der Waals surface area contributed by atoms with E-state index >= 15 is 0 Å². The first-order valence-electron chi connectivity index (χ1n) is 8.57. The molecule has 2 aromatic rings. The molecule has 0 aliphatic heterocycles. The molecule has 2 heterocycles. The number of nitrogens with zero attached hydrogens (tertiary/aromatic N) is 4. The zero-order valence-electron chi connectivity index (χ0n) is 15.8. The molecule has 1 N–H and O–H groups in total. The van der Waals surface area contributed by atoms with Crippen LogP contribution in [-0.2, 0) is 20.7 Å². The summed E-state index contributed by atoms with van der Waals surface area (Å²) >= 11 is 1.43. The fraction of sp³-hybridized carbons (Fsp3) is 0.588. The largest absolute Gasteiger partial charge is 0.455 e. The summed E-state index contributed by atoms with van der Waals surface area (Å²) in [5, 5.41) is 7.78. The predicted octanol–water partition coefficient (Wildman–Crippen LogP) is 1.85. The lowest BCUT2D eigenvalue weighted by atomic mass is 10.1. The van der Waals surface area contributed by atoms with Crippen molar-refractivity contribution in [3.8, 4) is 0 Å². The molecule has 0 saturated heterocycles. The van der Waals surface area contributed by atoms with Gasteiger partial charge >= 0.3 is 5.97 Å². The van der Waals surface area contributed by atoms with E-state index in [2.05, 4.69) is 27.3 Å². The molecule has 0 unspecified atom stereocenters. The highest BCUT2D eigenvalue weighted by Gasteiger charge is 2.17. The zero-order valence-corrected chi connectivity index (χ0v) is 16.6. The maximum Gasteiger partial charge on any atom is 0.310 e. The van der Waals surface area contributed by atoms with Crippen molar-refractivity contribution in [2.45, 2.75) is 58.2 Å². The highest BCUT2D eigenvalue weighted by molar-refractivity contribution is 7.98. The number of hydrogen-bond acceptors (Lipinski definition) is 7. The van der Waals surface area contributed by atoms with Gasteiger partial charge in [0.1, 0.15) is 0 Å². The summed E-state index contributed by atoms with van der Waals surface area (Å²) in [6, 6.07) is 0.0697. The summed E-state index contributed by atoms with van der Waals surface area (Å²) in [5.41, 5.74) is 2.23. The van der Waals surface area contributed by atoms with Gasteiger partial charge in [0.25, 0.3) is 11.7 Å². The minimum absolute atomic E-state index is 0.0346. The van der Waals surface area contributed by atoms with Crippen molar-refractivity contribution in [2.24, 2.45) is 0 Å². The Labute approximate surface area is 157 Å². The summed E-state index contributed by atoms with van der Waals surface area (Å²) in [7, 11) is 0. The minimum atomic E-state index is -0.471. The molecule has 0 bridgehead atoms. The molecule has 1 atom stereocenters. The molecule has 26 heavy (non-hydrogen) atoms. The second-order valence-electron chi connectivity index (χ2n) is 6.17. The van der Waals surface area contributed by atoms with E-state index in [-0.39, 0.29) is 25.0 Å². The molecule has 142 valence electrons. The topological polar surface area (TPSA) is 98.5 Å². The summed E-state index contributed by atoms with van der Waals surface area (Å²) in [6.07, 6.45) is 3.80. The van der Waals surface area contributed by atoms with E-state index in [0.29, 0.717) is 16.6 Å². The van der Waals surface area contributed by atoms with Gasteiger partial charge in [-0.25, -0.2) is 9.50 Å². The molecule has 0 aliphatic carbocycles. The normalized spacial score (nSPS) is 12.2. The van der Waals surface area contributed by atoms with Crippen LogP contribution in [0.1, 0.15) is 43.6 Å². The third kappa shape index (κ3) is 4.94. The second-order valence-corrected chi connectivity index (χ2v) is 6.94. The molecule has 0 fully saturated rings. The van der Waals surface area contributed by atoms with Gasteiger partial charge in [-0.05, 0) is 33.4 Å². The Hall–Kier alpha value is -2.16. The molecule has 0 spiro atoms. The number of ether oxygens (including phenoxy) is 1. The van der Waals surface area contributed by atoms with Crippen LogP contribution in [-0.4, -0.2) is 50.4 Å². The van der Waals surface area contributed by atoms with Crippen LogP contribution in [0.3, 0.4) is 0 Å². The number of esters is 1. The number of carbonyl (C=O) groups is 2. The van der Waals surface area contributed by atoms with Crippen molar-refractivity contribution in [1.82, 2.24) is 24.9 Å². The number of aryl methyl sites for hydroxylation is 2. The number of amides is 1. The van der Waals surface area contributed by atoms with Gasteiger partial charge < -0.3 is 10.1 Å². The van der Waals surface area contributed by atoms with E-state index in [1.54, 1.807) is 4.52 Å². The fourth-order valence-electron chi connectivity index (χ4n) is 2.70. The van der Waals surface area contributed by atoms with Crippen molar-refractivity contribution in [3.63, 3.8) is 0 Å². The van der Waals surface area contributed by atoms with Gasteiger partial charge in [-0.15, -0.1) is 5.10 Å². The van der Waals surface area contributed by atoms with Gasteiger partial charge in [0.2, 0.25) is 5.16 Å². The Balaban J connectivity index is 2.01. The molecule has 2 rings (SSSR count). The third-order valence-corrected chi connectivity index (χ3v) is 4.56. The predicted molar refractivity (Wildman–Crippen MR) is 99.2 cm³/mol. The first kappa shape index (κ1) is 20.2. The van der Waals surface area contributed by atoms with E-state index in [4.69, 9.17) is 4.74 Å². The first-order valence-corrected chi connectivity index (χ1v) is 9.80. The Morgan fingerprint density at radius 2 is 2.04 bits per heavy atom. The monoisotopic (exact) mass is 379 g/mol. The molecule has 2 aromatic heterocycles. The average molecular weight is 379 g/mol. The summed E-state index contributed by atoms with van der Waals surface area (Å²) in [4.78, 5) is 32.7. The third-order valence-electron chi connectivity index (χ3n) is 4.03. The maximum absolute atomic E-state index is 12.2. The Kier molecular flexibility index (Phi) is 6.96. The Bertz CT molecular complexity index is 805. The van der Waals surface area contributed by atoms with E-state index in [0.717, 1.165) is 24.1 Å². The van der Waals surface area contributed by atoms with Crippen LogP contribution in [0.2, 0.25) is 0 Å². The SMILES string of the molecule is CCC[C@@H](C)NC(=O)COC(=O)Cc1c(C)nc2nc(SC)nn2c1C. The number of thioether (sulfide) groups is 1. The molecule has 0 saturated carbocycles. The second kappa shape index (κ2) is 8.98. The standard InChI is InChI=1S/C17H25N5O3S/c1-6-7-10(2)18-14(23)9-25-15(24)8-13-11(3)19-16-20-17(26-5)21-22(16)12(13)4/h10H,6-9H2,1-5H3,(H,18,23)/t10-/m1/s1. The van der Waals surface area contributed by atoms with Crippen molar-refractivity contribution >= 4 is 29.4 Å². The molecular formula is C17H25N5O3S. The molecular weight excluding hydrogens is 354 g/mol. The van der Waals surface area contributed by atoms with E-state index in [1.165, 1.54) is 11.8 Å². The molecule has 0 radical (unpaired) electrons. The van der Waals surface area contributed by atoms with Crippen LogP contribution in [0.4, 0.5) is 0 Å². The zero-order chi connectivity index (χ0) is 19.3. The van der Waals surface area contributed by atoms with E-state index in [9.17, 15) is 9.59 Å². The van der Waals surface area contributed by atoms with Crippen molar-refractivity contribution in [1.29, 1.82) is 0 Å². The number of rotatable bonds is 8. The number of hydrogen-bond donors (Lipinski definition) is 1. The number of nitrogens with one attached hydrogen (secondary N) is 1. The Morgan fingerprint density at radius 3 is 2.69 bits per heavy atom. The molecule has 8 nitrogen and oxygen atoms in total. The lowest BCUT2D eigenvalue weighted by molar-refractivity contribution is -0.148. The lowest BCUT2D eigenvalue weighted by Crippen LogP contribution is -2.35. The number of carbonyl (C=O) groups excluding carboxylic acids is 2. The number of fused-ring (bicyclic) bond motifs is 1. The maximum atomic E-state index is 12.2. The summed E-state index contributed by atoms with van der Waals surface area (Å²) < 4.78 is 6.73. The van der Waals surface area contributed by atoms with Gasteiger partial charge in [-0.3, -0.25) is 9.59 Å². The van der Waals surface area contributed by atoms with Crippen molar-refractivity contribution < 1.29 is 14.3 Å². The van der Waals surface area contributed by atoms with Gasteiger partial charge in [-0.2, -0.15) is 4.98 Å². The Morgan fingerprint density at radius 1 is 1.31 bits per heavy atom. The summed E-state index contributed by atoms with van der Waals surface area (Å²) in [5.74, 6) is -0.256. The van der Waals surface area contributed by atoms with Crippen LogP contribution >= 0.6 is 11.8 Å². The fourth-order valence-corrected chi connectivity index (χ4v) is 3.03. The molecule has 9 heteroatoms. The molecule has 1 amide bonds. The van der Waals surface area contributed by atoms with Crippen LogP contribution in [0, 0.1) is 13.8 Å². The van der Waals surface area contributed by atoms with Gasteiger partial charge in [0.15, 0.2) is 6.61 Å². The summed E-state index contributed by atoms with van der Waals surface area (Å²) in [6.45, 7) is 7.39. The average Bonchev–Trinajstić information content (AvgIpc) is 3.00. The van der Waals surface area contributed by atoms with Crippen molar-refractivity contribution in [3.05, 3.63) is 17.0 Å². The molecule has 0 aliphatic rings. The van der Waals surface area contributed by atoms with Crippen LogP contribution < -0.4 is 5.32 Å². The smallest absolute Gasteiger partial charge is 0.310 e. The van der Waals surface area contributed by atoms with Crippen LogP contribution in [0.15, 0.2) is 5.16 Å². The van der Waals surface area contributed by atoms with Crippen LogP contribution in [0.5, 0.6) is 0 Å². The number of aromatic nitrogens is 4. The molecule has 0 aromatic carbocycles. The quantitative estimate of drug-likeness (QED) is 0.552. The van der Waals surface area contributed by atoms with E-state index < -0.39 is 5.97 Å².